The van der Waals surface area contributed by atoms with Gasteiger partial charge in [0.2, 0.25) is 5.91 Å². The van der Waals surface area contributed by atoms with E-state index in [1.165, 1.54) is 35.4 Å². The lowest BCUT2D eigenvalue weighted by molar-refractivity contribution is -0.127. The topological polar surface area (TPSA) is 62.7 Å². The van der Waals surface area contributed by atoms with Gasteiger partial charge >= 0.3 is 0 Å². The van der Waals surface area contributed by atoms with Crippen LogP contribution in [0.1, 0.15) is 19.4 Å². The third-order valence-electron chi connectivity index (χ3n) is 3.24. The van der Waals surface area contributed by atoms with Gasteiger partial charge in [0.1, 0.15) is 5.75 Å². The number of pyridine rings is 1. The summed E-state index contributed by atoms with van der Waals surface area (Å²) in [5, 5.41) is 9.72. The van der Waals surface area contributed by atoms with Gasteiger partial charge < -0.3 is 14.7 Å². The van der Waals surface area contributed by atoms with Crippen LogP contribution >= 0.6 is 0 Å². The zero-order chi connectivity index (χ0) is 18.4. The summed E-state index contributed by atoms with van der Waals surface area (Å²) in [5.41, 5.74) is -0.448. The van der Waals surface area contributed by atoms with Crippen LogP contribution < -0.4 is 4.74 Å². The number of nitrogens with zero attached hydrogens (tertiary/aromatic N) is 2. The predicted octanol–water partition coefficient (Wildman–Crippen LogP) is 3.26. The molecule has 1 heterocycles. The van der Waals surface area contributed by atoms with E-state index in [0.29, 0.717) is 11.3 Å². The molecule has 6 heteroatoms. The van der Waals surface area contributed by atoms with Crippen molar-refractivity contribution in [3.63, 3.8) is 0 Å². The fourth-order valence-electron chi connectivity index (χ4n) is 2.19. The van der Waals surface area contributed by atoms with Crippen molar-refractivity contribution in [3.8, 4) is 11.5 Å². The fraction of sp³-hybridized carbons (Fsp3) is 0.263. The minimum atomic E-state index is -0.977. The van der Waals surface area contributed by atoms with Crippen LogP contribution in [0.5, 0.6) is 11.5 Å². The molecule has 0 saturated heterocycles. The molecule has 0 fully saturated rings. The molecule has 0 atom stereocenters. The molecule has 0 radical (unpaired) electrons. The highest BCUT2D eigenvalue weighted by atomic mass is 19.1. The quantitative estimate of drug-likeness (QED) is 0.817. The van der Waals surface area contributed by atoms with E-state index in [1.807, 2.05) is 0 Å². The van der Waals surface area contributed by atoms with E-state index in [1.54, 1.807) is 45.3 Å². The second-order valence-corrected chi connectivity index (χ2v) is 6.32. The number of ether oxygens (including phenoxy) is 1. The number of aliphatic hydroxyl groups is 1. The van der Waals surface area contributed by atoms with Gasteiger partial charge in [0.25, 0.3) is 0 Å². The van der Waals surface area contributed by atoms with Crippen molar-refractivity contribution in [2.75, 3.05) is 13.6 Å². The van der Waals surface area contributed by atoms with E-state index in [2.05, 4.69) is 4.98 Å². The summed E-state index contributed by atoms with van der Waals surface area (Å²) in [6.45, 7) is 3.44. The maximum absolute atomic E-state index is 14.1. The van der Waals surface area contributed by atoms with Crippen molar-refractivity contribution in [1.82, 2.24) is 9.88 Å². The number of likely N-dealkylation sites (N-methyl/N-ethyl adjacent to an activating group) is 1. The number of carbonyl (C=O) groups excluding carboxylic acids is 1. The summed E-state index contributed by atoms with van der Waals surface area (Å²) in [4.78, 5) is 17.3. The zero-order valence-electron chi connectivity index (χ0n) is 14.4. The van der Waals surface area contributed by atoms with Crippen molar-refractivity contribution in [2.24, 2.45) is 0 Å². The molecule has 132 valence electrons. The van der Waals surface area contributed by atoms with Crippen molar-refractivity contribution in [2.45, 2.75) is 19.4 Å². The second kappa shape index (κ2) is 7.90. The van der Waals surface area contributed by atoms with E-state index in [9.17, 15) is 14.3 Å². The summed E-state index contributed by atoms with van der Waals surface area (Å²) < 4.78 is 19.6. The average Bonchev–Trinajstić information content (AvgIpc) is 2.54. The van der Waals surface area contributed by atoms with Gasteiger partial charge in [-0.2, -0.15) is 0 Å². The van der Waals surface area contributed by atoms with Gasteiger partial charge in [0.15, 0.2) is 11.6 Å². The molecule has 0 aliphatic rings. The fourth-order valence-corrected chi connectivity index (χ4v) is 2.19. The van der Waals surface area contributed by atoms with Gasteiger partial charge in [-0.3, -0.25) is 9.78 Å². The van der Waals surface area contributed by atoms with Crippen molar-refractivity contribution in [3.05, 3.63) is 60.2 Å². The molecule has 2 rings (SSSR count). The third-order valence-corrected chi connectivity index (χ3v) is 3.24. The highest BCUT2D eigenvalue weighted by Crippen LogP contribution is 2.24. The van der Waals surface area contributed by atoms with Gasteiger partial charge in [-0.15, -0.1) is 0 Å². The van der Waals surface area contributed by atoms with Crippen molar-refractivity contribution < 1.29 is 19.0 Å². The molecular formula is C19H21FN2O3. The molecule has 0 bridgehead atoms. The number of carbonyl (C=O) groups is 1. The lowest BCUT2D eigenvalue weighted by Gasteiger charge is -2.24. The van der Waals surface area contributed by atoms with Gasteiger partial charge in [-0.05, 0) is 49.8 Å². The Hall–Kier alpha value is -2.73. The van der Waals surface area contributed by atoms with E-state index < -0.39 is 11.4 Å². The van der Waals surface area contributed by atoms with E-state index in [-0.39, 0.29) is 18.2 Å². The van der Waals surface area contributed by atoms with E-state index >= 15 is 0 Å². The Morgan fingerprint density at radius 3 is 2.76 bits per heavy atom. The van der Waals surface area contributed by atoms with Crippen molar-refractivity contribution in [1.29, 1.82) is 0 Å². The molecule has 0 spiro atoms. The molecule has 5 nitrogen and oxygen atoms in total. The Kier molecular flexibility index (Phi) is 5.88. The molecule has 1 aromatic heterocycles. The minimum absolute atomic E-state index is 0.0793. The monoisotopic (exact) mass is 344 g/mol. The van der Waals surface area contributed by atoms with Crippen LogP contribution in [0.3, 0.4) is 0 Å². The molecule has 1 aromatic carbocycles. The molecule has 1 amide bonds. The summed E-state index contributed by atoms with van der Waals surface area (Å²) in [6.07, 6.45) is 5.94. The molecule has 1 N–H and O–H groups in total. The largest absolute Gasteiger partial charge is 0.453 e. The van der Waals surface area contributed by atoms with Crippen LogP contribution in [0.15, 0.2) is 48.8 Å². The molecule has 0 unspecified atom stereocenters. The van der Waals surface area contributed by atoms with E-state index in [0.717, 1.165) is 0 Å². The maximum Gasteiger partial charge on any atom is 0.246 e. The normalized spacial score (nSPS) is 11.6. The number of rotatable bonds is 6. The van der Waals surface area contributed by atoms with Crippen LogP contribution in [0.2, 0.25) is 0 Å². The number of hydrogen-bond donors (Lipinski definition) is 1. The lowest BCUT2D eigenvalue weighted by atomic mass is 10.1. The summed E-state index contributed by atoms with van der Waals surface area (Å²) in [5.74, 6) is -0.301. The lowest BCUT2D eigenvalue weighted by Crippen LogP contribution is -2.38. The Labute approximate surface area is 146 Å². The Bertz CT molecular complexity index is 755. The summed E-state index contributed by atoms with van der Waals surface area (Å²) in [6, 6.07) is 7.80. The highest BCUT2D eigenvalue weighted by molar-refractivity contribution is 5.91. The molecule has 0 saturated carbocycles. The van der Waals surface area contributed by atoms with Gasteiger partial charge in [-0.1, -0.05) is 6.07 Å². The number of benzene rings is 1. The van der Waals surface area contributed by atoms with Crippen LogP contribution in [-0.4, -0.2) is 40.1 Å². The first-order valence-corrected chi connectivity index (χ1v) is 7.77. The first-order chi connectivity index (χ1) is 11.7. The van der Waals surface area contributed by atoms with E-state index in [4.69, 9.17) is 4.74 Å². The van der Waals surface area contributed by atoms with Gasteiger partial charge in [-0.25, -0.2) is 4.39 Å². The average molecular weight is 344 g/mol. The maximum atomic E-state index is 14.1. The first-order valence-electron chi connectivity index (χ1n) is 7.77. The van der Waals surface area contributed by atoms with Crippen LogP contribution in [0.4, 0.5) is 4.39 Å². The Morgan fingerprint density at radius 1 is 1.40 bits per heavy atom. The third kappa shape index (κ3) is 6.00. The summed E-state index contributed by atoms with van der Waals surface area (Å²) >= 11 is 0. The van der Waals surface area contributed by atoms with Gasteiger partial charge in [0, 0.05) is 25.9 Å². The minimum Gasteiger partial charge on any atom is -0.453 e. The first kappa shape index (κ1) is 18.6. The molecule has 0 aliphatic carbocycles. The summed E-state index contributed by atoms with van der Waals surface area (Å²) in [7, 11) is 1.59. The Morgan fingerprint density at radius 2 is 2.16 bits per heavy atom. The van der Waals surface area contributed by atoms with Crippen LogP contribution in [0.25, 0.3) is 6.08 Å². The second-order valence-electron chi connectivity index (χ2n) is 6.32. The molecule has 2 aromatic rings. The predicted molar refractivity (Wildman–Crippen MR) is 93.7 cm³/mol. The zero-order valence-corrected chi connectivity index (χ0v) is 14.4. The smallest absolute Gasteiger partial charge is 0.246 e. The number of hydrogen-bond acceptors (Lipinski definition) is 4. The molecule has 0 aliphatic heterocycles. The van der Waals surface area contributed by atoms with Crippen molar-refractivity contribution >= 4 is 12.0 Å². The number of halogens is 1. The SMILES string of the molecule is CN(CC(C)(C)O)C(=O)/C=C/c1ccc(Oc2cccnc2)c(F)c1. The molecule has 25 heavy (non-hydrogen) atoms. The van der Waals surface area contributed by atoms with Crippen LogP contribution in [-0.2, 0) is 4.79 Å². The standard InChI is InChI=1S/C19H21FN2O3/c1-19(2,24)13-22(3)18(23)9-7-14-6-8-17(16(20)11-14)25-15-5-4-10-21-12-15/h4-12,24H,13H2,1-3H3/b9-7+. The Balaban J connectivity index is 2.04. The number of aromatic nitrogens is 1. The molecular weight excluding hydrogens is 323 g/mol. The number of amides is 1. The van der Waals surface area contributed by atoms with Crippen LogP contribution in [0, 0.1) is 5.82 Å². The van der Waals surface area contributed by atoms with Gasteiger partial charge in [0.05, 0.1) is 11.8 Å². The highest BCUT2D eigenvalue weighted by Gasteiger charge is 2.17.